The quantitative estimate of drug-likeness (QED) is 0.415. The summed E-state index contributed by atoms with van der Waals surface area (Å²) in [6, 6.07) is 3.04. The van der Waals surface area contributed by atoms with Crippen LogP contribution in [0.2, 0.25) is 0 Å². The largest absolute Gasteiger partial charge is 0.457 e. The molecule has 0 aromatic carbocycles. The van der Waals surface area contributed by atoms with Gasteiger partial charge >= 0.3 is 11.9 Å². The van der Waals surface area contributed by atoms with E-state index >= 15 is 0 Å². The van der Waals surface area contributed by atoms with E-state index in [2.05, 4.69) is 11.7 Å². The van der Waals surface area contributed by atoms with Crippen LogP contribution in [-0.4, -0.2) is 11.9 Å². The third-order valence-corrected chi connectivity index (χ3v) is 2.41. The SMILES string of the molecule is CCCCCCCC(=O)OC(=O)c1ccco1. The van der Waals surface area contributed by atoms with E-state index in [0.29, 0.717) is 0 Å². The molecule has 0 bridgehead atoms. The summed E-state index contributed by atoms with van der Waals surface area (Å²) in [6.07, 6.45) is 6.89. The van der Waals surface area contributed by atoms with Crippen LogP contribution in [0.3, 0.4) is 0 Å². The molecule has 1 rings (SSSR count). The molecule has 4 nitrogen and oxygen atoms in total. The number of hydrogen-bond donors (Lipinski definition) is 0. The van der Waals surface area contributed by atoms with Crippen molar-refractivity contribution in [3.8, 4) is 0 Å². The fraction of sp³-hybridized carbons (Fsp3) is 0.538. The second kappa shape index (κ2) is 7.65. The average Bonchev–Trinajstić information content (AvgIpc) is 2.82. The predicted molar refractivity (Wildman–Crippen MR) is 62.5 cm³/mol. The second-order valence-corrected chi connectivity index (χ2v) is 3.90. The summed E-state index contributed by atoms with van der Waals surface area (Å²) in [6.45, 7) is 2.14. The lowest BCUT2D eigenvalue weighted by atomic mass is 10.1. The predicted octanol–water partition coefficient (Wildman–Crippen LogP) is 3.32. The van der Waals surface area contributed by atoms with Gasteiger partial charge in [0.1, 0.15) is 0 Å². The highest BCUT2D eigenvalue weighted by Crippen LogP contribution is 2.07. The highest BCUT2D eigenvalue weighted by Gasteiger charge is 2.14. The van der Waals surface area contributed by atoms with Crippen molar-refractivity contribution in [1.82, 2.24) is 0 Å². The molecule has 1 aromatic rings. The van der Waals surface area contributed by atoms with Crippen molar-refractivity contribution in [1.29, 1.82) is 0 Å². The number of esters is 2. The Hall–Kier alpha value is -1.58. The monoisotopic (exact) mass is 238 g/mol. The van der Waals surface area contributed by atoms with Crippen LogP contribution in [0.25, 0.3) is 0 Å². The second-order valence-electron chi connectivity index (χ2n) is 3.90. The molecule has 0 saturated heterocycles. The van der Waals surface area contributed by atoms with Crippen LogP contribution in [0.1, 0.15) is 56.0 Å². The molecule has 0 amide bonds. The summed E-state index contributed by atoms with van der Waals surface area (Å²) in [5, 5.41) is 0. The van der Waals surface area contributed by atoms with E-state index < -0.39 is 11.9 Å². The van der Waals surface area contributed by atoms with E-state index in [1.807, 2.05) is 0 Å². The van der Waals surface area contributed by atoms with Gasteiger partial charge in [0, 0.05) is 6.42 Å². The Morgan fingerprint density at radius 2 is 2.00 bits per heavy atom. The first-order valence-corrected chi connectivity index (χ1v) is 6.02. The van der Waals surface area contributed by atoms with Gasteiger partial charge in [-0.25, -0.2) is 4.79 Å². The summed E-state index contributed by atoms with van der Waals surface area (Å²) >= 11 is 0. The lowest BCUT2D eigenvalue weighted by Gasteiger charge is -2.01. The van der Waals surface area contributed by atoms with Gasteiger partial charge in [0.25, 0.3) is 0 Å². The zero-order chi connectivity index (χ0) is 12.5. The average molecular weight is 238 g/mol. The van der Waals surface area contributed by atoms with Crippen LogP contribution in [-0.2, 0) is 9.53 Å². The molecule has 4 heteroatoms. The Bertz CT molecular complexity index is 340. The molecule has 0 aliphatic heterocycles. The first-order chi connectivity index (χ1) is 8.24. The highest BCUT2D eigenvalue weighted by atomic mass is 16.6. The first-order valence-electron chi connectivity index (χ1n) is 6.02. The molecule has 94 valence electrons. The van der Waals surface area contributed by atoms with Crippen molar-refractivity contribution in [3.63, 3.8) is 0 Å². The van der Waals surface area contributed by atoms with Crippen LogP contribution in [0, 0.1) is 0 Å². The van der Waals surface area contributed by atoms with Crippen LogP contribution >= 0.6 is 0 Å². The van der Waals surface area contributed by atoms with Gasteiger partial charge in [-0.05, 0) is 18.6 Å². The maximum Gasteiger partial charge on any atom is 0.381 e. The van der Waals surface area contributed by atoms with E-state index in [1.165, 1.54) is 25.2 Å². The maximum atomic E-state index is 11.3. The lowest BCUT2D eigenvalue weighted by molar-refractivity contribution is -0.138. The van der Waals surface area contributed by atoms with E-state index in [-0.39, 0.29) is 12.2 Å². The molecule has 1 aromatic heterocycles. The summed E-state index contributed by atoms with van der Waals surface area (Å²) in [5.74, 6) is -1.14. The smallest absolute Gasteiger partial charge is 0.381 e. The fourth-order valence-electron chi connectivity index (χ4n) is 1.47. The fourth-order valence-corrected chi connectivity index (χ4v) is 1.47. The molecule has 17 heavy (non-hydrogen) atoms. The minimum atomic E-state index is -0.714. The van der Waals surface area contributed by atoms with Gasteiger partial charge in [0.15, 0.2) is 0 Å². The molecule has 0 aliphatic rings. The lowest BCUT2D eigenvalue weighted by Crippen LogP contribution is -2.11. The number of carbonyl (C=O) groups is 2. The van der Waals surface area contributed by atoms with Crippen molar-refractivity contribution in [3.05, 3.63) is 24.2 Å². The zero-order valence-electron chi connectivity index (χ0n) is 10.1. The Morgan fingerprint density at radius 3 is 2.65 bits per heavy atom. The highest BCUT2D eigenvalue weighted by molar-refractivity contribution is 5.94. The Morgan fingerprint density at radius 1 is 1.24 bits per heavy atom. The first kappa shape index (κ1) is 13.5. The van der Waals surface area contributed by atoms with Gasteiger partial charge in [-0.1, -0.05) is 32.6 Å². The van der Waals surface area contributed by atoms with Crippen LogP contribution < -0.4 is 0 Å². The molecule has 0 atom stereocenters. The summed E-state index contributed by atoms with van der Waals surface area (Å²) in [7, 11) is 0. The van der Waals surface area contributed by atoms with Crippen LogP contribution in [0.15, 0.2) is 22.8 Å². The van der Waals surface area contributed by atoms with Gasteiger partial charge in [-0.2, -0.15) is 0 Å². The third kappa shape index (κ3) is 5.33. The van der Waals surface area contributed by atoms with E-state index in [4.69, 9.17) is 4.42 Å². The number of furan rings is 1. The van der Waals surface area contributed by atoms with Gasteiger partial charge in [0.05, 0.1) is 6.26 Å². The zero-order valence-corrected chi connectivity index (χ0v) is 10.1. The molecule has 0 spiro atoms. The third-order valence-electron chi connectivity index (χ3n) is 2.41. The molecule has 0 aliphatic carbocycles. The molecule has 0 radical (unpaired) electrons. The molecular formula is C13H18O4. The van der Waals surface area contributed by atoms with Crippen molar-refractivity contribution in [2.24, 2.45) is 0 Å². The number of ether oxygens (including phenoxy) is 1. The normalized spacial score (nSPS) is 10.2. The van der Waals surface area contributed by atoms with Gasteiger partial charge < -0.3 is 9.15 Å². The molecule has 0 N–H and O–H groups in total. The summed E-state index contributed by atoms with van der Waals surface area (Å²) in [5.41, 5.74) is 0. The Balaban J connectivity index is 2.15. The van der Waals surface area contributed by atoms with Crippen LogP contribution in [0.5, 0.6) is 0 Å². The van der Waals surface area contributed by atoms with E-state index in [0.717, 1.165) is 19.3 Å². The molecule has 0 unspecified atom stereocenters. The Kier molecular flexibility index (Phi) is 6.07. The topological polar surface area (TPSA) is 56.5 Å². The number of hydrogen-bond acceptors (Lipinski definition) is 4. The number of rotatable bonds is 7. The molecule has 1 heterocycles. The van der Waals surface area contributed by atoms with Gasteiger partial charge in [-0.3, -0.25) is 4.79 Å². The van der Waals surface area contributed by atoms with Gasteiger partial charge in [0.2, 0.25) is 5.76 Å². The van der Waals surface area contributed by atoms with E-state index in [9.17, 15) is 9.59 Å². The van der Waals surface area contributed by atoms with Crippen molar-refractivity contribution < 1.29 is 18.7 Å². The van der Waals surface area contributed by atoms with Crippen molar-refractivity contribution >= 4 is 11.9 Å². The summed E-state index contributed by atoms with van der Waals surface area (Å²) < 4.78 is 9.46. The summed E-state index contributed by atoms with van der Waals surface area (Å²) in [4.78, 5) is 22.6. The van der Waals surface area contributed by atoms with Crippen LogP contribution in [0.4, 0.5) is 0 Å². The Labute approximate surface area is 101 Å². The standard InChI is InChI=1S/C13H18O4/c1-2-3-4-5-6-9-12(14)17-13(15)11-8-7-10-16-11/h7-8,10H,2-6,9H2,1H3. The molecular weight excluding hydrogens is 220 g/mol. The van der Waals surface area contributed by atoms with Crippen molar-refractivity contribution in [2.45, 2.75) is 45.4 Å². The van der Waals surface area contributed by atoms with E-state index in [1.54, 1.807) is 6.07 Å². The maximum absolute atomic E-state index is 11.3. The van der Waals surface area contributed by atoms with Gasteiger partial charge in [-0.15, -0.1) is 0 Å². The number of unbranched alkanes of at least 4 members (excludes halogenated alkanes) is 4. The molecule has 0 fully saturated rings. The number of carbonyl (C=O) groups excluding carboxylic acids is 2. The van der Waals surface area contributed by atoms with Crippen molar-refractivity contribution in [2.75, 3.05) is 0 Å². The minimum absolute atomic E-state index is 0.0596. The minimum Gasteiger partial charge on any atom is -0.457 e. The molecule has 0 saturated carbocycles.